The van der Waals surface area contributed by atoms with Gasteiger partial charge in [-0.3, -0.25) is 4.79 Å². The second-order valence-corrected chi connectivity index (χ2v) is 3.20. The fourth-order valence-electron chi connectivity index (χ4n) is 1.24. The molecule has 0 aliphatic heterocycles. The highest BCUT2D eigenvalue weighted by atomic mass is 16.5. The smallest absolute Gasteiger partial charge is 0.384 e. The fraction of sp³-hybridized carbons (Fsp3) is 0.231. The molecule has 0 saturated carbocycles. The van der Waals surface area contributed by atoms with Crippen molar-refractivity contribution in [1.29, 1.82) is 0 Å². The lowest BCUT2D eigenvalue weighted by atomic mass is 10.1. The Morgan fingerprint density at radius 2 is 2.22 bits per heavy atom. The maximum Gasteiger partial charge on any atom is 0.384 e. The van der Waals surface area contributed by atoms with Crippen LogP contribution in [0.3, 0.4) is 0 Å². The van der Waals surface area contributed by atoms with E-state index in [1.54, 1.807) is 6.92 Å². The highest BCUT2D eigenvalue weighted by molar-refractivity contribution is 5.89. The summed E-state index contributed by atoms with van der Waals surface area (Å²) < 4.78 is 9.53. The zero-order valence-electron chi connectivity index (χ0n) is 10.0. The average Bonchev–Trinajstić information content (AvgIpc) is 2.37. The number of ether oxygens (including phenoxy) is 2. The Kier molecular flexibility index (Phi) is 4.76. The van der Waals surface area contributed by atoms with E-state index in [4.69, 9.17) is 4.74 Å². The molecule has 0 bridgehead atoms. The van der Waals surface area contributed by atoms with Crippen molar-refractivity contribution >= 4 is 12.3 Å². The predicted molar refractivity (Wildman–Crippen MR) is 63.6 cm³/mol. The lowest BCUT2D eigenvalue weighted by Crippen LogP contribution is -1.99. The average molecular weight is 248 g/mol. The van der Waals surface area contributed by atoms with Gasteiger partial charge in [-0.15, -0.1) is 0 Å². The maximum absolute atomic E-state index is 11.0. The summed E-state index contributed by atoms with van der Waals surface area (Å²) in [5.41, 5.74) is 0.419. The molecule has 1 N–H and O–H groups in total. The molecule has 18 heavy (non-hydrogen) atoms. The summed E-state index contributed by atoms with van der Waals surface area (Å²) in [6, 6.07) is 2.78. The number of aromatic hydroxyl groups is 1. The lowest BCUT2D eigenvalue weighted by molar-refractivity contribution is -0.136. The molecule has 0 heterocycles. The summed E-state index contributed by atoms with van der Waals surface area (Å²) in [7, 11) is 1.35. The Hall–Kier alpha value is -2.48. The van der Waals surface area contributed by atoms with Crippen LogP contribution in [0.4, 0.5) is 0 Å². The topological polar surface area (TPSA) is 72.8 Å². The van der Waals surface area contributed by atoms with E-state index in [-0.39, 0.29) is 23.7 Å². The highest BCUT2D eigenvalue weighted by Crippen LogP contribution is 2.29. The second-order valence-electron chi connectivity index (χ2n) is 3.20. The normalized spacial score (nSPS) is 9.00. The van der Waals surface area contributed by atoms with Crippen LogP contribution < -0.4 is 4.74 Å². The van der Waals surface area contributed by atoms with Gasteiger partial charge in [0.05, 0.1) is 19.3 Å². The predicted octanol–water partition coefficient (Wildman–Crippen LogP) is 1.13. The van der Waals surface area contributed by atoms with Gasteiger partial charge < -0.3 is 14.6 Å². The maximum atomic E-state index is 11.0. The van der Waals surface area contributed by atoms with E-state index < -0.39 is 5.97 Å². The van der Waals surface area contributed by atoms with Gasteiger partial charge in [-0.05, 0) is 19.1 Å². The number of hydrogen-bond acceptors (Lipinski definition) is 5. The van der Waals surface area contributed by atoms with Crippen LogP contribution in [0.5, 0.6) is 11.5 Å². The quantitative estimate of drug-likeness (QED) is 0.493. The van der Waals surface area contributed by atoms with Gasteiger partial charge in [0, 0.05) is 11.5 Å². The number of carbonyl (C=O) groups excluding carboxylic acids is 2. The highest BCUT2D eigenvalue weighted by Gasteiger charge is 2.09. The molecular formula is C13H12O5. The van der Waals surface area contributed by atoms with Crippen LogP contribution in [0.15, 0.2) is 12.1 Å². The molecule has 0 saturated heterocycles. The summed E-state index contributed by atoms with van der Waals surface area (Å²) in [6.45, 7) is 1.92. The molecule has 0 spiro atoms. The minimum absolute atomic E-state index is 0.0440. The molecule has 94 valence electrons. The molecule has 0 fully saturated rings. The zero-order chi connectivity index (χ0) is 13.5. The van der Waals surface area contributed by atoms with Crippen LogP contribution in [0.1, 0.15) is 22.8 Å². The van der Waals surface area contributed by atoms with E-state index in [1.165, 1.54) is 19.2 Å². The van der Waals surface area contributed by atoms with Gasteiger partial charge in [0.2, 0.25) is 0 Å². The first kappa shape index (κ1) is 13.6. The molecule has 1 aromatic carbocycles. The Labute approximate surface area is 104 Å². The Bertz CT molecular complexity index is 522. The first-order valence-corrected chi connectivity index (χ1v) is 5.17. The molecule has 0 aliphatic carbocycles. The van der Waals surface area contributed by atoms with Crippen LogP contribution >= 0.6 is 0 Å². The molecule has 5 nitrogen and oxygen atoms in total. The van der Waals surface area contributed by atoms with E-state index in [9.17, 15) is 14.7 Å². The van der Waals surface area contributed by atoms with Crippen molar-refractivity contribution in [3.8, 4) is 23.3 Å². The summed E-state index contributed by atoms with van der Waals surface area (Å²) in [6.07, 6.45) is 0.480. The van der Waals surface area contributed by atoms with Crippen molar-refractivity contribution in [2.24, 2.45) is 0 Å². The zero-order valence-corrected chi connectivity index (χ0v) is 10.0. The van der Waals surface area contributed by atoms with Crippen LogP contribution in [0.2, 0.25) is 0 Å². The molecule has 0 amide bonds. The fourth-order valence-corrected chi connectivity index (χ4v) is 1.24. The van der Waals surface area contributed by atoms with E-state index in [1.807, 2.05) is 0 Å². The number of hydrogen-bond donors (Lipinski definition) is 1. The Morgan fingerprint density at radius 3 is 2.78 bits per heavy atom. The number of methoxy groups -OCH3 is 1. The lowest BCUT2D eigenvalue weighted by Gasteiger charge is -2.05. The van der Waals surface area contributed by atoms with Crippen LogP contribution in [0, 0.1) is 11.8 Å². The van der Waals surface area contributed by atoms with Crippen LogP contribution in [-0.2, 0) is 9.53 Å². The van der Waals surface area contributed by atoms with Crippen molar-refractivity contribution in [3.63, 3.8) is 0 Å². The number of phenolic OH excluding ortho intramolecular Hbond substituents is 1. The third-order valence-electron chi connectivity index (χ3n) is 2.04. The van der Waals surface area contributed by atoms with Gasteiger partial charge in [-0.1, -0.05) is 5.92 Å². The third kappa shape index (κ3) is 3.25. The van der Waals surface area contributed by atoms with Gasteiger partial charge in [0.25, 0.3) is 0 Å². The molecule has 0 atom stereocenters. The van der Waals surface area contributed by atoms with E-state index in [2.05, 4.69) is 16.6 Å². The standard InChI is InChI=1S/C13H12O5/c1-3-18-12(15)5-4-9-6-10(8-14)13(16)11(7-9)17-2/h6-8,16H,3H2,1-2H3. The molecule has 1 rings (SSSR count). The van der Waals surface area contributed by atoms with E-state index >= 15 is 0 Å². The molecule has 0 radical (unpaired) electrons. The molecule has 0 unspecified atom stereocenters. The van der Waals surface area contributed by atoms with Crippen molar-refractivity contribution in [1.82, 2.24) is 0 Å². The Balaban J connectivity index is 3.10. The summed E-state index contributed by atoms with van der Waals surface area (Å²) in [5, 5.41) is 9.58. The summed E-state index contributed by atoms with van der Waals surface area (Å²) in [5.74, 6) is 4.00. The van der Waals surface area contributed by atoms with Crippen molar-refractivity contribution in [2.45, 2.75) is 6.92 Å². The number of aldehydes is 1. The van der Waals surface area contributed by atoms with Crippen LogP contribution in [-0.4, -0.2) is 31.1 Å². The number of rotatable bonds is 3. The first-order chi connectivity index (χ1) is 8.62. The largest absolute Gasteiger partial charge is 0.504 e. The monoisotopic (exact) mass is 248 g/mol. The van der Waals surface area contributed by atoms with E-state index in [0.717, 1.165) is 0 Å². The SMILES string of the molecule is CCOC(=O)C#Cc1cc(C=O)c(O)c(OC)c1. The molecule has 0 aliphatic rings. The second kappa shape index (κ2) is 6.30. The van der Waals surface area contributed by atoms with Gasteiger partial charge in [-0.25, -0.2) is 4.79 Å². The summed E-state index contributed by atoms with van der Waals surface area (Å²) in [4.78, 5) is 21.8. The minimum Gasteiger partial charge on any atom is -0.504 e. The minimum atomic E-state index is -0.655. The number of carbonyl (C=O) groups is 2. The van der Waals surface area contributed by atoms with Crippen molar-refractivity contribution in [2.75, 3.05) is 13.7 Å². The molecular weight excluding hydrogens is 236 g/mol. The van der Waals surface area contributed by atoms with Gasteiger partial charge in [0.1, 0.15) is 0 Å². The van der Waals surface area contributed by atoms with E-state index in [0.29, 0.717) is 11.8 Å². The van der Waals surface area contributed by atoms with Gasteiger partial charge in [-0.2, -0.15) is 0 Å². The Morgan fingerprint density at radius 1 is 1.50 bits per heavy atom. The number of esters is 1. The summed E-state index contributed by atoms with van der Waals surface area (Å²) >= 11 is 0. The molecule has 5 heteroatoms. The first-order valence-electron chi connectivity index (χ1n) is 5.17. The van der Waals surface area contributed by atoms with Crippen molar-refractivity contribution in [3.05, 3.63) is 23.3 Å². The van der Waals surface area contributed by atoms with Crippen molar-refractivity contribution < 1.29 is 24.2 Å². The van der Waals surface area contributed by atoms with Gasteiger partial charge in [0.15, 0.2) is 17.8 Å². The van der Waals surface area contributed by atoms with Crippen LogP contribution in [0.25, 0.3) is 0 Å². The third-order valence-corrected chi connectivity index (χ3v) is 2.04. The number of benzene rings is 1. The van der Waals surface area contributed by atoms with Gasteiger partial charge >= 0.3 is 5.97 Å². The molecule has 0 aromatic heterocycles. The molecule has 1 aromatic rings. The number of phenols is 1.